The van der Waals surface area contributed by atoms with Gasteiger partial charge in [0, 0.05) is 11.6 Å². The first-order valence-electron chi connectivity index (χ1n) is 8.12. The van der Waals surface area contributed by atoms with E-state index in [0.29, 0.717) is 30.5 Å². The van der Waals surface area contributed by atoms with Gasteiger partial charge in [-0.15, -0.1) is 0 Å². The summed E-state index contributed by atoms with van der Waals surface area (Å²) in [6.45, 7) is 1.85. The number of rotatable bonds is 3. The van der Waals surface area contributed by atoms with Gasteiger partial charge in [0.15, 0.2) is 0 Å². The van der Waals surface area contributed by atoms with Crippen LogP contribution in [0.1, 0.15) is 48.5 Å². The fourth-order valence-corrected chi connectivity index (χ4v) is 5.05. The van der Waals surface area contributed by atoms with Gasteiger partial charge >= 0.3 is 0 Å². The number of sulfonamides is 1. The lowest BCUT2D eigenvalue weighted by atomic mass is 9.98. The minimum absolute atomic E-state index is 0.159. The van der Waals surface area contributed by atoms with E-state index in [4.69, 9.17) is 0 Å². The van der Waals surface area contributed by atoms with Crippen molar-refractivity contribution in [1.82, 2.24) is 5.32 Å². The third-order valence-electron chi connectivity index (χ3n) is 4.88. The van der Waals surface area contributed by atoms with E-state index in [1.165, 1.54) is 10.6 Å². The number of nitriles is 1. The summed E-state index contributed by atoms with van der Waals surface area (Å²) >= 11 is 0. The van der Waals surface area contributed by atoms with Crippen LogP contribution in [0.25, 0.3) is 0 Å². The van der Waals surface area contributed by atoms with Crippen LogP contribution >= 0.6 is 0 Å². The highest BCUT2D eigenvalue weighted by Gasteiger charge is 2.36. The van der Waals surface area contributed by atoms with Gasteiger partial charge in [0.05, 0.1) is 18.0 Å². The molecule has 1 heterocycles. The lowest BCUT2D eigenvalue weighted by molar-refractivity contribution is 0.0920. The van der Waals surface area contributed by atoms with Gasteiger partial charge in [-0.2, -0.15) is 5.26 Å². The molecule has 2 aliphatic rings. The molecule has 3 rings (SSSR count). The molecule has 7 heteroatoms. The summed E-state index contributed by atoms with van der Waals surface area (Å²) in [5, 5.41) is 12.3. The van der Waals surface area contributed by atoms with E-state index in [2.05, 4.69) is 11.4 Å². The van der Waals surface area contributed by atoms with Gasteiger partial charge in [0.1, 0.15) is 5.54 Å². The van der Waals surface area contributed by atoms with Crippen LogP contribution in [0.15, 0.2) is 18.2 Å². The molecule has 6 nitrogen and oxygen atoms in total. The van der Waals surface area contributed by atoms with Crippen LogP contribution in [0.2, 0.25) is 0 Å². The molecule has 1 aromatic carbocycles. The normalized spacial score (nSPS) is 22.0. The second kappa shape index (κ2) is 5.78. The maximum atomic E-state index is 12.5. The number of nitrogens with zero attached hydrogens (tertiary/aromatic N) is 2. The highest BCUT2D eigenvalue weighted by Crippen LogP contribution is 2.35. The maximum Gasteiger partial charge on any atom is 0.252 e. The number of nitrogens with one attached hydrogen (secondary N) is 1. The standard InChI is InChI=1S/C17H21N3O3S/c1-12-9-14-10-13(5-6-15(14)20(12)24(2,22)23)16(21)19-17(11-18)7-3-4-8-17/h5-6,10,12H,3-4,7-9H2,1-2H3,(H,19,21). The van der Waals surface area contributed by atoms with Crippen LogP contribution in [-0.2, 0) is 16.4 Å². The zero-order valence-electron chi connectivity index (χ0n) is 13.9. The molecule has 1 N–H and O–H groups in total. The predicted molar refractivity (Wildman–Crippen MR) is 91.2 cm³/mol. The topological polar surface area (TPSA) is 90.3 Å². The molecule has 24 heavy (non-hydrogen) atoms. The van der Waals surface area contributed by atoms with Crippen molar-refractivity contribution in [3.05, 3.63) is 29.3 Å². The second-order valence-corrected chi connectivity index (χ2v) is 8.67. The molecule has 1 amide bonds. The van der Waals surface area contributed by atoms with Crippen LogP contribution in [0.4, 0.5) is 5.69 Å². The summed E-state index contributed by atoms with van der Waals surface area (Å²) in [5.41, 5.74) is 1.19. The minimum atomic E-state index is -3.34. The largest absolute Gasteiger partial charge is 0.334 e. The molecule has 0 radical (unpaired) electrons. The highest BCUT2D eigenvalue weighted by atomic mass is 32.2. The molecule has 128 valence electrons. The Bertz CT molecular complexity index is 820. The average molecular weight is 347 g/mol. The van der Waals surface area contributed by atoms with Crippen molar-refractivity contribution in [2.24, 2.45) is 0 Å². The van der Waals surface area contributed by atoms with Crippen LogP contribution in [0.5, 0.6) is 0 Å². The van der Waals surface area contributed by atoms with Gasteiger partial charge in [-0.05, 0) is 62.8 Å². The SMILES string of the molecule is CC1Cc2cc(C(=O)NC3(C#N)CCCC3)ccc2N1S(C)(=O)=O. The molecule has 0 saturated heterocycles. The van der Waals surface area contributed by atoms with Crippen molar-refractivity contribution >= 4 is 21.6 Å². The smallest absolute Gasteiger partial charge is 0.252 e. The minimum Gasteiger partial charge on any atom is -0.334 e. The molecule has 1 aromatic rings. The first-order chi connectivity index (χ1) is 11.3. The maximum absolute atomic E-state index is 12.5. The fourth-order valence-electron chi connectivity index (χ4n) is 3.78. The number of fused-ring (bicyclic) bond motifs is 1. The summed E-state index contributed by atoms with van der Waals surface area (Å²) in [4.78, 5) is 12.5. The third-order valence-corrected chi connectivity index (χ3v) is 6.15. The summed E-state index contributed by atoms with van der Waals surface area (Å²) in [7, 11) is -3.34. The Hall–Kier alpha value is -2.07. The van der Waals surface area contributed by atoms with E-state index < -0.39 is 15.6 Å². The van der Waals surface area contributed by atoms with Crippen molar-refractivity contribution in [3.8, 4) is 6.07 Å². The molecule has 1 aliphatic carbocycles. The zero-order chi connectivity index (χ0) is 17.5. The third kappa shape index (κ3) is 2.86. The number of anilines is 1. The Morgan fingerprint density at radius 3 is 2.62 bits per heavy atom. The van der Waals surface area contributed by atoms with Crippen molar-refractivity contribution < 1.29 is 13.2 Å². The van der Waals surface area contributed by atoms with E-state index in [1.807, 2.05) is 6.92 Å². The Balaban J connectivity index is 1.87. The fraction of sp³-hybridized carbons (Fsp3) is 0.529. The lowest BCUT2D eigenvalue weighted by Gasteiger charge is -2.23. The van der Waals surface area contributed by atoms with Crippen molar-refractivity contribution in [2.45, 2.75) is 50.6 Å². The molecular weight excluding hydrogens is 326 g/mol. The van der Waals surface area contributed by atoms with Crippen LogP contribution < -0.4 is 9.62 Å². The van der Waals surface area contributed by atoms with E-state index in [1.54, 1.807) is 18.2 Å². The van der Waals surface area contributed by atoms with Gasteiger partial charge in [0.25, 0.3) is 5.91 Å². The number of hydrogen-bond donors (Lipinski definition) is 1. The Kier molecular flexibility index (Phi) is 4.04. The molecule has 0 spiro atoms. The average Bonchev–Trinajstić information content (AvgIpc) is 3.09. The van der Waals surface area contributed by atoms with Gasteiger partial charge in [0.2, 0.25) is 10.0 Å². The van der Waals surface area contributed by atoms with Crippen molar-refractivity contribution in [3.63, 3.8) is 0 Å². The molecule has 1 unspecified atom stereocenters. The number of hydrogen-bond acceptors (Lipinski definition) is 4. The van der Waals surface area contributed by atoms with Gasteiger partial charge in [-0.3, -0.25) is 9.10 Å². The number of carbonyl (C=O) groups excluding carboxylic acids is 1. The van der Waals surface area contributed by atoms with E-state index >= 15 is 0 Å². The van der Waals surface area contributed by atoms with Gasteiger partial charge in [-0.1, -0.05) is 0 Å². The monoisotopic (exact) mass is 347 g/mol. The first-order valence-corrected chi connectivity index (χ1v) is 9.97. The summed E-state index contributed by atoms with van der Waals surface area (Å²) < 4.78 is 25.3. The number of amides is 1. The van der Waals surface area contributed by atoms with E-state index in [-0.39, 0.29) is 11.9 Å². The molecule has 0 aromatic heterocycles. The van der Waals surface area contributed by atoms with E-state index in [9.17, 15) is 18.5 Å². The molecular formula is C17H21N3O3S. The van der Waals surface area contributed by atoms with Gasteiger partial charge < -0.3 is 5.32 Å². The molecule has 1 saturated carbocycles. The Labute approximate surface area is 142 Å². The Morgan fingerprint density at radius 2 is 2.04 bits per heavy atom. The second-order valence-electron chi connectivity index (χ2n) is 6.81. The summed E-state index contributed by atoms with van der Waals surface area (Å²) in [5.74, 6) is -0.272. The van der Waals surface area contributed by atoms with Gasteiger partial charge in [-0.25, -0.2) is 8.42 Å². The summed E-state index contributed by atoms with van der Waals surface area (Å²) in [6, 6.07) is 7.14. The molecule has 0 bridgehead atoms. The predicted octanol–water partition coefficient (Wildman–Crippen LogP) is 1.96. The molecule has 1 aliphatic heterocycles. The lowest BCUT2D eigenvalue weighted by Crippen LogP contribution is -2.45. The number of benzene rings is 1. The number of carbonyl (C=O) groups is 1. The summed E-state index contributed by atoms with van der Waals surface area (Å²) in [6.07, 6.45) is 5.01. The van der Waals surface area contributed by atoms with Crippen molar-refractivity contribution in [2.75, 3.05) is 10.6 Å². The molecule has 1 atom stereocenters. The highest BCUT2D eigenvalue weighted by molar-refractivity contribution is 7.92. The quantitative estimate of drug-likeness (QED) is 0.905. The zero-order valence-corrected chi connectivity index (χ0v) is 14.7. The van der Waals surface area contributed by atoms with Crippen LogP contribution in [0.3, 0.4) is 0 Å². The van der Waals surface area contributed by atoms with E-state index in [0.717, 1.165) is 18.4 Å². The van der Waals surface area contributed by atoms with Crippen LogP contribution in [-0.4, -0.2) is 32.2 Å². The van der Waals surface area contributed by atoms with Crippen LogP contribution in [0, 0.1) is 11.3 Å². The molecule has 1 fully saturated rings. The first kappa shape index (κ1) is 16.8. The van der Waals surface area contributed by atoms with Crippen molar-refractivity contribution in [1.29, 1.82) is 5.26 Å². The Morgan fingerprint density at radius 1 is 1.38 bits per heavy atom.